The van der Waals surface area contributed by atoms with Crippen LogP contribution in [-0.4, -0.2) is 37.4 Å². The molecule has 0 saturated carbocycles. The van der Waals surface area contributed by atoms with Gasteiger partial charge in [-0.15, -0.1) is 12.4 Å². The Morgan fingerprint density at radius 3 is 2.50 bits per heavy atom. The molecule has 2 N–H and O–H groups in total. The summed E-state index contributed by atoms with van der Waals surface area (Å²) in [5, 5.41) is 0. The standard InChI is InChI=1S/C20H31NO4.ClH/c1-13(2)5-8-16-11-23-12-18(21)20(22)24-15(4)19(16)25-17-9-6-14(3)7-10-17;/h6-7,9-10,13,15-16,18-19H,5,8,11-12,21H2,1-4H3;1H/t15-,16-,18-,19-;/m0./s1. The van der Waals surface area contributed by atoms with Crippen LogP contribution < -0.4 is 10.5 Å². The highest BCUT2D eigenvalue weighted by molar-refractivity contribution is 5.85. The maximum atomic E-state index is 12.1. The minimum atomic E-state index is -0.744. The molecule has 26 heavy (non-hydrogen) atoms. The van der Waals surface area contributed by atoms with Crippen molar-refractivity contribution in [3.8, 4) is 5.75 Å². The summed E-state index contributed by atoms with van der Waals surface area (Å²) in [6.07, 6.45) is 1.36. The van der Waals surface area contributed by atoms with Gasteiger partial charge < -0.3 is 19.9 Å². The van der Waals surface area contributed by atoms with Gasteiger partial charge in [-0.05, 0) is 38.3 Å². The number of ether oxygens (including phenoxy) is 3. The zero-order valence-corrected chi connectivity index (χ0v) is 17.0. The van der Waals surface area contributed by atoms with Crippen LogP contribution in [0.4, 0.5) is 0 Å². The third-order valence-corrected chi connectivity index (χ3v) is 4.57. The predicted octanol–water partition coefficient (Wildman–Crippen LogP) is 3.51. The molecule has 148 valence electrons. The number of rotatable bonds is 5. The Bertz CT molecular complexity index is 549. The monoisotopic (exact) mass is 385 g/mol. The zero-order valence-electron chi connectivity index (χ0n) is 16.1. The second-order valence-electron chi connectivity index (χ2n) is 7.41. The molecule has 5 nitrogen and oxygen atoms in total. The molecule has 0 radical (unpaired) electrons. The topological polar surface area (TPSA) is 70.8 Å². The third kappa shape index (κ3) is 6.78. The van der Waals surface area contributed by atoms with E-state index in [-0.39, 0.29) is 31.0 Å². The van der Waals surface area contributed by atoms with Crippen LogP contribution in [0.25, 0.3) is 0 Å². The van der Waals surface area contributed by atoms with E-state index in [9.17, 15) is 4.79 Å². The third-order valence-electron chi connectivity index (χ3n) is 4.57. The number of aryl methyl sites for hydroxylation is 1. The van der Waals surface area contributed by atoms with Gasteiger partial charge in [0.15, 0.2) is 0 Å². The van der Waals surface area contributed by atoms with Crippen LogP contribution in [0, 0.1) is 18.8 Å². The molecule has 6 heteroatoms. The summed E-state index contributed by atoms with van der Waals surface area (Å²) in [4.78, 5) is 12.1. The number of hydrogen-bond donors (Lipinski definition) is 1. The average molecular weight is 386 g/mol. The predicted molar refractivity (Wildman–Crippen MR) is 105 cm³/mol. The molecule has 1 heterocycles. The molecule has 1 aromatic rings. The van der Waals surface area contributed by atoms with E-state index >= 15 is 0 Å². The fraction of sp³-hybridized carbons (Fsp3) is 0.650. The van der Waals surface area contributed by atoms with Crippen LogP contribution in [0.3, 0.4) is 0 Å². The maximum Gasteiger partial charge on any atom is 0.325 e. The lowest BCUT2D eigenvalue weighted by molar-refractivity contribution is -0.155. The minimum Gasteiger partial charge on any atom is -0.486 e. The van der Waals surface area contributed by atoms with Crippen molar-refractivity contribution in [3.05, 3.63) is 29.8 Å². The molecule has 1 fully saturated rings. The molecule has 1 aliphatic rings. The number of hydrogen-bond acceptors (Lipinski definition) is 5. The summed E-state index contributed by atoms with van der Waals surface area (Å²) in [5.41, 5.74) is 6.99. The molecular formula is C20H32ClNO4. The summed E-state index contributed by atoms with van der Waals surface area (Å²) in [7, 11) is 0. The summed E-state index contributed by atoms with van der Waals surface area (Å²) >= 11 is 0. The van der Waals surface area contributed by atoms with Crippen molar-refractivity contribution in [2.24, 2.45) is 17.6 Å². The van der Waals surface area contributed by atoms with E-state index in [0.29, 0.717) is 12.5 Å². The smallest absolute Gasteiger partial charge is 0.325 e. The Hall–Kier alpha value is -1.30. The number of esters is 1. The van der Waals surface area contributed by atoms with Gasteiger partial charge in [0.05, 0.1) is 13.2 Å². The highest BCUT2D eigenvalue weighted by atomic mass is 35.5. The van der Waals surface area contributed by atoms with Gasteiger partial charge in [0.1, 0.15) is 24.0 Å². The van der Waals surface area contributed by atoms with Gasteiger partial charge in [0.2, 0.25) is 0 Å². The first-order chi connectivity index (χ1) is 11.9. The van der Waals surface area contributed by atoms with Crippen LogP contribution in [0.2, 0.25) is 0 Å². The van der Waals surface area contributed by atoms with E-state index in [1.165, 1.54) is 5.56 Å². The van der Waals surface area contributed by atoms with E-state index in [0.717, 1.165) is 18.6 Å². The van der Waals surface area contributed by atoms with Crippen molar-refractivity contribution in [3.63, 3.8) is 0 Å². The van der Waals surface area contributed by atoms with Gasteiger partial charge >= 0.3 is 5.97 Å². The second-order valence-corrected chi connectivity index (χ2v) is 7.41. The molecule has 4 atom stereocenters. The van der Waals surface area contributed by atoms with Gasteiger partial charge in [-0.2, -0.15) is 0 Å². The van der Waals surface area contributed by atoms with E-state index in [2.05, 4.69) is 13.8 Å². The van der Waals surface area contributed by atoms with Crippen molar-refractivity contribution in [1.29, 1.82) is 0 Å². The van der Waals surface area contributed by atoms with E-state index < -0.39 is 18.1 Å². The van der Waals surface area contributed by atoms with Crippen LogP contribution in [0.15, 0.2) is 24.3 Å². The number of benzene rings is 1. The van der Waals surface area contributed by atoms with Crippen LogP contribution in [0.5, 0.6) is 5.75 Å². The van der Waals surface area contributed by atoms with Crippen molar-refractivity contribution < 1.29 is 19.0 Å². The van der Waals surface area contributed by atoms with Crippen LogP contribution in [-0.2, 0) is 14.3 Å². The van der Waals surface area contributed by atoms with Gasteiger partial charge in [-0.25, -0.2) is 0 Å². The molecular weight excluding hydrogens is 354 g/mol. The Morgan fingerprint density at radius 1 is 1.23 bits per heavy atom. The maximum absolute atomic E-state index is 12.1. The van der Waals surface area contributed by atoms with Crippen LogP contribution in [0.1, 0.15) is 39.2 Å². The van der Waals surface area contributed by atoms with E-state index in [1.807, 2.05) is 38.1 Å². The van der Waals surface area contributed by atoms with Crippen molar-refractivity contribution >= 4 is 18.4 Å². The number of cyclic esters (lactones) is 1. The number of carbonyl (C=O) groups is 1. The number of halogens is 1. The summed E-state index contributed by atoms with van der Waals surface area (Å²) in [6, 6.07) is 7.17. The molecule has 0 aliphatic carbocycles. The highest BCUT2D eigenvalue weighted by Gasteiger charge is 2.34. The molecule has 0 amide bonds. The lowest BCUT2D eigenvalue weighted by Gasteiger charge is -2.31. The van der Waals surface area contributed by atoms with Crippen molar-refractivity contribution in [1.82, 2.24) is 0 Å². The number of carbonyl (C=O) groups excluding carboxylic acids is 1. The summed E-state index contributed by atoms with van der Waals surface area (Å²) in [5.74, 6) is 1.07. The SMILES string of the molecule is Cc1ccc(O[C@@H]2[C@@H](CCC(C)C)COC[C@H](N)C(=O)O[C@H]2C)cc1.Cl. The Balaban J connectivity index is 0.00000338. The zero-order chi connectivity index (χ0) is 18.4. The average Bonchev–Trinajstić information content (AvgIpc) is 2.60. The molecule has 1 saturated heterocycles. The molecule has 0 aromatic heterocycles. The number of nitrogens with two attached hydrogens (primary N) is 1. The van der Waals surface area contributed by atoms with Gasteiger partial charge in [0, 0.05) is 5.92 Å². The molecule has 1 aromatic carbocycles. The molecule has 1 aliphatic heterocycles. The minimum absolute atomic E-state index is 0. The quantitative estimate of drug-likeness (QED) is 0.785. The van der Waals surface area contributed by atoms with Crippen molar-refractivity contribution in [2.45, 2.75) is 58.8 Å². The van der Waals surface area contributed by atoms with Gasteiger partial charge in [-0.3, -0.25) is 4.79 Å². The molecule has 2 rings (SSSR count). The summed E-state index contributed by atoms with van der Waals surface area (Å²) < 4.78 is 17.5. The largest absolute Gasteiger partial charge is 0.486 e. The fourth-order valence-corrected chi connectivity index (χ4v) is 2.99. The molecule has 0 bridgehead atoms. The lowest BCUT2D eigenvalue weighted by atomic mass is 9.91. The first-order valence-electron chi connectivity index (χ1n) is 9.14. The van der Waals surface area contributed by atoms with Gasteiger partial charge in [-0.1, -0.05) is 38.0 Å². The Kier molecular flexibility index (Phi) is 9.41. The Labute approximate surface area is 163 Å². The van der Waals surface area contributed by atoms with E-state index in [1.54, 1.807) is 0 Å². The second kappa shape index (κ2) is 10.8. The Morgan fingerprint density at radius 2 is 1.88 bits per heavy atom. The first kappa shape index (κ1) is 22.7. The normalized spacial score (nSPS) is 26.9. The molecule has 0 spiro atoms. The van der Waals surface area contributed by atoms with Crippen LogP contribution >= 0.6 is 12.4 Å². The van der Waals surface area contributed by atoms with Crippen molar-refractivity contribution in [2.75, 3.05) is 13.2 Å². The highest BCUT2D eigenvalue weighted by Crippen LogP contribution is 2.26. The van der Waals surface area contributed by atoms with E-state index in [4.69, 9.17) is 19.9 Å². The lowest BCUT2D eigenvalue weighted by Crippen LogP contribution is -2.42. The summed E-state index contributed by atoms with van der Waals surface area (Å²) in [6.45, 7) is 9.00. The first-order valence-corrected chi connectivity index (χ1v) is 9.14. The van der Waals surface area contributed by atoms with Gasteiger partial charge in [0.25, 0.3) is 0 Å². The molecule has 0 unspecified atom stereocenters. The fourth-order valence-electron chi connectivity index (χ4n) is 2.99.